The van der Waals surface area contributed by atoms with Gasteiger partial charge in [-0.05, 0) is 37.0 Å². The van der Waals surface area contributed by atoms with E-state index in [-0.39, 0.29) is 11.2 Å². The van der Waals surface area contributed by atoms with Gasteiger partial charge in [0, 0.05) is 31.1 Å². The van der Waals surface area contributed by atoms with Crippen LogP contribution in [-0.4, -0.2) is 30.8 Å². The highest BCUT2D eigenvalue weighted by atomic mass is 32.2. The van der Waals surface area contributed by atoms with Crippen molar-refractivity contribution in [2.75, 3.05) is 24.5 Å². The molecule has 1 N–H and O–H groups in total. The average Bonchev–Trinajstić information content (AvgIpc) is 3.15. The number of thioether (sulfide) groups is 1. The normalized spacial score (nSPS) is 18.1. The Bertz CT molecular complexity index is 662. The maximum atomic E-state index is 12.3. The molecule has 1 aliphatic rings. The molecule has 4 heteroatoms. The van der Waals surface area contributed by atoms with E-state index in [0.717, 1.165) is 31.8 Å². The summed E-state index contributed by atoms with van der Waals surface area (Å²) in [5.41, 5.74) is 2.55. The number of nitrogens with zero attached hydrogens (tertiary/aromatic N) is 1. The van der Waals surface area contributed by atoms with Crippen molar-refractivity contribution in [3.63, 3.8) is 0 Å². The Morgan fingerprint density at radius 3 is 2.56 bits per heavy atom. The molecule has 1 saturated heterocycles. The second kappa shape index (κ2) is 8.95. The van der Waals surface area contributed by atoms with Crippen LogP contribution >= 0.6 is 11.8 Å². The van der Waals surface area contributed by atoms with Crippen molar-refractivity contribution >= 4 is 23.4 Å². The van der Waals surface area contributed by atoms with Gasteiger partial charge in [-0.3, -0.25) is 4.79 Å². The first-order valence-electron chi connectivity index (χ1n) is 8.95. The molecule has 0 saturated carbocycles. The van der Waals surface area contributed by atoms with E-state index in [1.165, 1.54) is 11.3 Å². The summed E-state index contributed by atoms with van der Waals surface area (Å²) in [5.74, 6) is 1.57. The minimum absolute atomic E-state index is 0.0214. The summed E-state index contributed by atoms with van der Waals surface area (Å²) in [6.07, 6.45) is 1.14. The van der Waals surface area contributed by atoms with Crippen LogP contribution in [0.15, 0.2) is 60.7 Å². The molecule has 3 rings (SSSR count). The standard InChI is InChI=1S/C21H26N2OS/c1-17(25-16-18-8-4-2-5-9-18)21(24)22-14-19-12-13-23(15-19)20-10-6-3-7-11-20/h2-11,17,19H,12-16H2,1H3,(H,22,24). The Hall–Kier alpha value is -1.94. The van der Waals surface area contributed by atoms with Gasteiger partial charge in [0.15, 0.2) is 0 Å². The van der Waals surface area contributed by atoms with E-state index < -0.39 is 0 Å². The Kier molecular flexibility index (Phi) is 6.40. The van der Waals surface area contributed by atoms with Crippen LogP contribution in [0.25, 0.3) is 0 Å². The van der Waals surface area contributed by atoms with Gasteiger partial charge in [-0.1, -0.05) is 48.5 Å². The lowest BCUT2D eigenvalue weighted by Gasteiger charge is -2.19. The van der Waals surface area contributed by atoms with Crippen LogP contribution in [0.2, 0.25) is 0 Å². The van der Waals surface area contributed by atoms with Crippen molar-refractivity contribution in [3.05, 3.63) is 66.2 Å². The van der Waals surface area contributed by atoms with E-state index in [1.54, 1.807) is 11.8 Å². The zero-order chi connectivity index (χ0) is 17.5. The number of nitrogens with one attached hydrogen (secondary N) is 1. The fourth-order valence-corrected chi connectivity index (χ4v) is 4.00. The molecule has 132 valence electrons. The SMILES string of the molecule is CC(SCc1ccccc1)C(=O)NCC1CCN(c2ccccc2)C1. The number of amides is 1. The van der Waals surface area contributed by atoms with Crippen LogP contribution in [-0.2, 0) is 10.5 Å². The molecule has 1 amide bonds. The Morgan fingerprint density at radius 2 is 1.84 bits per heavy atom. The van der Waals surface area contributed by atoms with Gasteiger partial charge in [-0.2, -0.15) is 0 Å². The minimum atomic E-state index is -0.0214. The van der Waals surface area contributed by atoms with E-state index in [4.69, 9.17) is 0 Å². The third kappa shape index (κ3) is 5.27. The number of anilines is 1. The van der Waals surface area contributed by atoms with E-state index in [2.05, 4.69) is 46.6 Å². The molecule has 0 bridgehead atoms. The first-order chi connectivity index (χ1) is 12.2. The molecular weight excluding hydrogens is 328 g/mol. The van der Waals surface area contributed by atoms with Crippen LogP contribution in [0.3, 0.4) is 0 Å². The second-order valence-electron chi connectivity index (χ2n) is 6.62. The maximum absolute atomic E-state index is 12.3. The molecule has 1 heterocycles. The van der Waals surface area contributed by atoms with Gasteiger partial charge in [0.1, 0.15) is 0 Å². The lowest BCUT2D eigenvalue weighted by Crippen LogP contribution is -2.35. The van der Waals surface area contributed by atoms with Crippen molar-refractivity contribution in [3.8, 4) is 0 Å². The lowest BCUT2D eigenvalue weighted by atomic mass is 10.1. The summed E-state index contributed by atoms with van der Waals surface area (Å²) in [4.78, 5) is 14.7. The predicted molar refractivity (Wildman–Crippen MR) is 107 cm³/mol. The van der Waals surface area contributed by atoms with Crippen molar-refractivity contribution in [1.29, 1.82) is 0 Å². The van der Waals surface area contributed by atoms with Crippen molar-refractivity contribution in [2.24, 2.45) is 5.92 Å². The number of benzene rings is 2. The van der Waals surface area contributed by atoms with E-state index >= 15 is 0 Å². The van der Waals surface area contributed by atoms with E-state index in [1.807, 2.05) is 31.2 Å². The third-order valence-electron chi connectivity index (χ3n) is 4.68. The van der Waals surface area contributed by atoms with Gasteiger partial charge in [0.2, 0.25) is 5.91 Å². The average molecular weight is 355 g/mol. The lowest BCUT2D eigenvalue weighted by molar-refractivity contribution is -0.120. The molecule has 0 spiro atoms. The number of para-hydroxylation sites is 1. The Balaban J connectivity index is 1.39. The zero-order valence-electron chi connectivity index (χ0n) is 14.7. The molecule has 0 aliphatic carbocycles. The topological polar surface area (TPSA) is 32.3 Å². The summed E-state index contributed by atoms with van der Waals surface area (Å²) in [7, 11) is 0. The molecule has 25 heavy (non-hydrogen) atoms. The molecule has 2 unspecified atom stereocenters. The minimum Gasteiger partial charge on any atom is -0.371 e. The van der Waals surface area contributed by atoms with Gasteiger partial charge in [-0.25, -0.2) is 0 Å². The molecule has 0 aromatic heterocycles. The molecule has 2 aromatic rings. The summed E-state index contributed by atoms with van der Waals surface area (Å²) < 4.78 is 0. The van der Waals surface area contributed by atoms with Gasteiger partial charge >= 0.3 is 0 Å². The van der Waals surface area contributed by atoms with Crippen molar-refractivity contribution in [1.82, 2.24) is 5.32 Å². The van der Waals surface area contributed by atoms with Gasteiger partial charge < -0.3 is 10.2 Å². The fourth-order valence-electron chi connectivity index (χ4n) is 3.13. The molecule has 0 radical (unpaired) electrons. The quantitative estimate of drug-likeness (QED) is 0.817. The van der Waals surface area contributed by atoms with Crippen molar-refractivity contribution in [2.45, 2.75) is 24.3 Å². The third-order valence-corrected chi connectivity index (χ3v) is 5.90. The van der Waals surface area contributed by atoms with Gasteiger partial charge in [0.25, 0.3) is 0 Å². The zero-order valence-corrected chi connectivity index (χ0v) is 15.5. The molecule has 1 fully saturated rings. The highest BCUT2D eigenvalue weighted by Crippen LogP contribution is 2.23. The van der Waals surface area contributed by atoms with E-state index in [9.17, 15) is 4.79 Å². The summed E-state index contributed by atoms with van der Waals surface area (Å²) in [6.45, 7) is 4.87. The number of carbonyl (C=O) groups excluding carboxylic acids is 1. The fraction of sp³-hybridized carbons (Fsp3) is 0.381. The Labute approximate surface area is 154 Å². The van der Waals surface area contributed by atoms with Gasteiger partial charge in [-0.15, -0.1) is 11.8 Å². The molecule has 3 nitrogen and oxygen atoms in total. The van der Waals surface area contributed by atoms with E-state index in [0.29, 0.717) is 5.92 Å². The summed E-state index contributed by atoms with van der Waals surface area (Å²) in [6, 6.07) is 20.8. The van der Waals surface area contributed by atoms with Crippen LogP contribution in [0.5, 0.6) is 0 Å². The maximum Gasteiger partial charge on any atom is 0.232 e. The largest absolute Gasteiger partial charge is 0.371 e. The van der Waals surface area contributed by atoms with Gasteiger partial charge in [0.05, 0.1) is 5.25 Å². The van der Waals surface area contributed by atoms with Crippen LogP contribution in [0.1, 0.15) is 18.9 Å². The van der Waals surface area contributed by atoms with Crippen LogP contribution in [0.4, 0.5) is 5.69 Å². The first-order valence-corrected chi connectivity index (χ1v) is 10.0. The number of hydrogen-bond donors (Lipinski definition) is 1. The number of carbonyl (C=O) groups is 1. The number of hydrogen-bond acceptors (Lipinski definition) is 3. The van der Waals surface area contributed by atoms with Crippen LogP contribution < -0.4 is 10.2 Å². The summed E-state index contributed by atoms with van der Waals surface area (Å²) >= 11 is 1.70. The molecular formula is C21H26N2OS. The molecule has 1 aliphatic heterocycles. The molecule has 2 aromatic carbocycles. The first kappa shape index (κ1) is 17.9. The highest BCUT2D eigenvalue weighted by Gasteiger charge is 2.23. The molecule has 2 atom stereocenters. The predicted octanol–water partition coefficient (Wildman–Crippen LogP) is 3.95. The highest BCUT2D eigenvalue weighted by molar-refractivity contribution is 7.99. The summed E-state index contributed by atoms with van der Waals surface area (Å²) in [5, 5.41) is 3.12. The van der Waals surface area contributed by atoms with Crippen molar-refractivity contribution < 1.29 is 4.79 Å². The number of rotatable bonds is 7. The monoisotopic (exact) mass is 354 g/mol. The Morgan fingerprint density at radius 1 is 1.16 bits per heavy atom. The smallest absolute Gasteiger partial charge is 0.232 e. The second-order valence-corrected chi connectivity index (χ2v) is 7.95. The van der Waals surface area contributed by atoms with Crippen LogP contribution in [0, 0.1) is 5.92 Å².